The average molecular weight is 595 g/mol. The smallest absolute Gasteiger partial charge is 0.252 e. The largest absolute Gasteiger partial charge is 0.351 e. The van der Waals surface area contributed by atoms with Crippen molar-refractivity contribution in [2.45, 2.75) is 56.0 Å². The summed E-state index contributed by atoms with van der Waals surface area (Å²) in [5.74, 6) is -7.31. The molecule has 3 atom stereocenters. The van der Waals surface area contributed by atoms with Crippen LogP contribution in [0.25, 0.3) is 0 Å². The molecule has 2 amide bonds. The second-order valence-corrected chi connectivity index (χ2v) is 11.0. The van der Waals surface area contributed by atoms with Gasteiger partial charge in [-0.3, -0.25) is 24.3 Å². The molecular weight excluding hydrogens is 569 g/mol. The highest BCUT2D eigenvalue weighted by molar-refractivity contribution is 6.31. The van der Waals surface area contributed by atoms with E-state index in [9.17, 15) is 32.8 Å². The van der Waals surface area contributed by atoms with Crippen molar-refractivity contribution in [3.05, 3.63) is 94.5 Å². The van der Waals surface area contributed by atoms with Crippen molar-refractivity contribution in [3.8, 4) is 6.07 Å². The molecule has 5 rings (SSSR count). The molecule has 2 aliphatic carbocycles. The predicted molar refractivity (Wildman–Crippen MR) is 148 cm³/mol. The fourth-order valence-electron chi connectivity index (χ4n) is 5.71. The van der Waals surface area contributed by atoms with Crippen LogP contribution in [0.2, 0.25) is 5.02 Å². The van der Waals surface area contributed by atoms with E-state index < -0.39 is 60.3 Å². The lowest BCUT2D eigenvalue weighted by atomic mass is 9.75. The van der Waals surface area contributed by atoms with Gasteiger partial charge >= 0.3 is 0 Å². The van der Waals surface area contributed by atoms with Gasteiger partial charge in [-0.2, -0.15) is 5.26 Å². The van der Waals surface area contributed by atoms with E-state index in [0.29, 0.717) is 6.42 Å². The van der Waals surface area contributed by atoms with E-state index in [-0.39, 0.29) is 46.2 Å². The lowest BCUT2D eigenvalue weighted by Crippen LogP contribution is -2.55. The maximum Gasteiger partial charge on any atom is 0.252 e. The number of carbonyl (C=O) groups excluding carboxylic acids is 3. The Hall–Kier alpha value is -4.23. The van der Waals surface area contributed by atoms with Crippen LogP contribution in [-0.4, -0.2) is 34.5 Å². The number of hydrogen-bond donors (Lipinski definition) is 1. The lowest BCUT2D eigenvalue weighted by molar-refractivity contribution is -0.135. The van der Waals surface area contributed by atoms with Gasteiger partial charge in [0, 0.05) is 47.8 Å². The topological polar surface area (TPSA) is 103 Å². The molecule has 7 nitrogen and oxygen atoms in total. The van der Waals surface area contributed by atoms with Gasteiger partial charge < -0.3 is 5.32 Å². The number of anilines is 1. The molecule has 2 saturated carbocycles. The summed E-state index contributed by atoms with van der Waals surface area (Å²) in [5, 5.41) is 12.1. The zero-order chi connectivity index (χ0) is 30.0. The monoisotopic (exact) mass is 594 g/mol. The van der Waals surface area contributed by atoms with Gasteiger partial charge in [0.2, 0.25) is 11.8 Å². The van der Waals surface area contributed by atoms with Crippen molar-refractivity contribution in [3.63, 3.8) is 0 Å². The van der Waals surface area contributed by atoms with Crippen molar-refractivity contribution in [2.75, 3.05) is 4.90 Å². The summed E-state index contributed by atoms with van der Waals surface area (Å²) in [4.78, 5) is 47.2. The quantitative estimate of drug-likeness (QED) is 0.368. The van der Waals surface area contributed by atoms with E-state index in [2.05, 4.69) is 10.3 Å². The van der Waals surface area contributed by atoms with Gasteiger partial charge in [-0.1, -0.05) is 35.9 Å². The molecule has 2 fully saturated rings. The van der Waals surface area contributed by atoms with Crippen molar-refractivity contribution >= 4 is 34.9 Å². The molecule has 0 radical (unpaired) electrons. The average Bonchev–Trinajstić information content (AvgIpc) is 2.95. The lowest BCUT2D eigenvalue weighted by Gasteiger charge is -2.40. The predicted octanol–water partition coefficient (Wildman–Crippen LogP) is 5.89. The summed E-state index contributed by atoms with van der Waals surface area (Å²) in [6.07, 6.45) is 1.11. The Morgan fingerprint density at radius 3 is 2.57 bits per heavy atom. The molecular formula is C31H26ClF3N4O3. The number of carbonyl (C=O) groups is 3. The van der Waals surface area contributed by atoms with Crippen LogP contribution in [0.15, 0.2) is 66.9 Å². The molecule has 0 aliphatic heterocycles. The van der Waals surface area contributed by atoms with Crippen molar-refractivity contribution in [1.82, 2.24) is 10.3 Å². The van der Waals surface area contributed by atoms with Crippen molar-refractivity contribution in [2.24, 2.45) is 5.92 Å². The highest BCUT2D eigenvalue weighted by Gasteiger charge is 2.48. The second kappa shape index (κ2) is 11.9. The number of nitrogens with one attached hydrogen (secondary N) is 1. The first-order valence-electron chi connectivity index (χ1n) is 13.5. The van der Waals surface area contributed by atoms with E-state index in [1.807, 2.05) is 6.07 Å². The Balaban J connectivity index is 1.62. The Labute approximate surface area is 245 Å². The van der Waals surface area contributed by atoms with E-state index >= 15 is 0 Å². The third-order valence-electron chi connectivity index (χ3n) is 7.70. The van der Waals surface area contributed by atoms with E-state index in [0.717, 1.165) is 11.0 Å². The third kappa shape index (κ3) is 6.02. The number of nitrogens with zero attached hydrogens (tertiary/aromatic N) is 3. The maximum absolute atomic E-state index is 14.6. The van der Waals surface area contributed by atoms with Crippen LogP contribution in [0.4, 0.5) is 18.9 Å². The number of amides is 2. The number of pyridine rings is 1. The summed E-state index contributed by atoms with van der Waals surface area (Å²) in [7, 11) is 0. The minimum Gasteiger partial charge on any atom is -0.351 e. The molecule has 11 heteroatoms. The normalized spacial score (nSPS) is 20.6. The Morgan fingerprint density at radius 1 is 1.12 bits per heavy atom. The molecule has 1 aromatic heterocycles. The van der Waals surface area contributed by atoms with Crippen LogP contribution in [0.5, 0.6) is 0 Å². The number of benzene rings is 2. The molecule has 1 unspecified atom stereocenters. The van der Waals surface area contributed by atoms with Gasteiger partial charge in [-0.25, -0.2) is 13.2 Å². The second-order valence-electron chi connectivity index (χ2n) is 10.6. The molecule has 2 aromatic carbocycles. The van der Waals surface area contributed by atoms with E-state index in [1.54, 1.807) is 12.1 Å². The van der Waals surface area contributed by atoms with Gasteiger partial charge in [0.15, 0.2) is 0 Å². The number of alkyl halides is 2. The summed E-state index contributed by atoms with van der Waals surface area (Å²) >= 11 is 6.52. The summed E-state index contributed by atoms with van der Waals surface area (Å²) in [6.45, 7) is 0. The molecule has 1 heterocycles. The Morgan fingerprint density at radius 2 is 1.88 bits per heavy atom. The molecule has 0 bridgehead atoms. The zero-order valence-electron chi connectivity index (χ0n) is 22.3. The van der Waals surface area contributed by atoms with Gasteiger partial charge in [0.05, 0.1) is 29.2 Å². The van der Waals surface area contributed by atoms with Crippen LogP contribution in [0.3, 0.4) is 0 Å². The number of rotatable bonds is 7. The minimum atomic E-state index is -2.91. The molecule has 42 heavy (non-hydrogen) atoms. The number of hydrogen-bond acceptors (Lipinski definition) is 5. The van der Waals surface area contributed by atoms with Gasteiger partial charge in [-0.05, 0) is 49.2 Å². The first-order valence-corrected chi connectivity index (χ1v) is 13.9. The first-order chi connectivity index (χ1) is 20.1. The zero-order valence-corrected chi connectivity index (χ0v) is 23.0. The van der Waals surface area contributed by atoms with Crippen LogP contribution in [0.1, 0.15) is 60.9 Å². The number of ketones is 1. The summed E-state index contributed by atoms with van der Waals surface area (Å²) in [6, 6.07) is 14.0. The summed E-state index contributed by atoms with van der Waals surface area (Å²) < 4.78 is 41.8. The fourth-order valence-corrected chi connectivity index (χ4v) is 5.95. The fraction of sp³-hybridized carbons (Fsp3) is 0.323. The van der Waals surface area contributed by atoms with Gasteiger partial charge in [0.1, 0.15) is 17.6 Å². The molecule has 3 aromatic rings. The summed E-state index contributed by atoms with van der Waals surface area (Å²) in [5.41, 5.74) is 0.724. The number of aromatic nitrogens is 1. The van der Waals surface area contributed by atoms with Crippen LogP contribution < -0.4 is 10.2 Å². The third-order valence-corrected chi connectivity index (χ3v) is 8.04. The highest BCUT2D eigenvalue weighted by Crippen LogP contribution is 2.42. The molecule has 0 spiro atoms. The van der Waals surface area contributed by atoms with Crippen molar-refractivity contribution < 1.29 is 27.6 Å². The number of halogens is 4. The maximum atomic E-state index is 14.6. The minimum absolute atomic E-state index is 0.0227. The van der Waals surface area contributed by atoms with E-state index in [1.165, 1.54) is 48.7 Å². The number of Topliss-reactive ketones (excluding diaryl/α,β-unsaturated/α-hetero) is 1. The van der Waals surface area contributed by atoms with Crippen molar-refractivity contribution in [1.29, 1.82) is 5.26 Å². The SMILES string of the molecule is N#Cc1ccnc(C2C(=O)CCC[C@H]2C(=O)N(c2cccc(F)c2)[C@H](C(=O)NC2CC(F)(F)C2)c2ccccc2Cl)c1. The van der Waals surface area contributed by atoms with Crippen LogP contribution in [0, 0.1) is 23.1 Å². The Kier molecular flexibility index (Phi) is 8.32. The molecule has 0 saturated heterocycles. The van der Waals surface area contributed by atoms with Gasteiger partial charge in [0.25, 0.3) is 5.92 Å². The molecule has 216 valence electrons. The van der Waals surface area contributed by atoms with Gasteiger partial charge in [-0.15, -0.1) is 0 Å². The standard InChI is InChI=1S/C31H26ClF3N4O3/c32-24-9-2-1-7-22(24)28(29(41)38-20-15-31(34,35)16-20)39(21-6-3-5-19(33)14-21)30(42)23-8-4-10-26(40)27(23)25-13-18(17-36)11-12-37-25/h1-3,5-7,9,11-14,20,23,27-28H,4,8,10,15-16H2,(H,38,41)/t23-,27?,28+/m1/s1. The van der Waals surface area contributed by atoms with Crippen LogP contribution in [-0.2, 0) is 14.4 Å². The first kappa shape index (κ1) is 29.3. The molecule has 2 aliphatic rings. The molecule has 1 N–H and O–H groups in total. The van der Waals surface area contributed by atoms with E-state index in [4.69, 9.17) is 11.6 Å². The highest BCUT2D eigenvalue weighted by atomic mass is 35.5. The van der Waals surface area contributed by atoms with Crippen LogP contribution >= 0.6 is 11.6 Å². The Bertz CT molecular complexity index is 1570. The number of nitriles is 1.